The van der Waals surface area contributed by atoms with Crippen molar-refractivity contribution in [2.24, 2.45) is 5.92 Å². The number of thiophene rings is 1. The smallest absolute Gasteiger partial charge is 0.263 e. The first-order valence-electron chi connectivity index (χ1n) is 12.5. The highest BCUT2D eigenvalue weighted by Crippen LogP contribution is 2.30. The van der Waals surface area contributed by atoms with Gasteiger partial charge in [0.1, 0.15) is 5.00 Å². The number of rotatable bonds is 6. The lowest BCUT2D eigenvalue weighted by atomic mass is 9.95. The molecule has 0 spiro atoms. The Balaban J connectivity index is 1.16. The third-order valence-corrected chi connectivity index (χ3v) is 8.26. The van der Waals surface area contributed by atoms with Gasteiger partial charge in [0.05, 0.1) is 10.4 Å². The average molecular weight is 476 g/mol. The lowest BCUT2D eigenvalue weighted by molar-refractivity contribution is -0.126. The number of nitrogens with zero attached hydrogens (tertiary/aromatic N) is 2. The van der Waals surface area contributed by atoms with Crippen LogP contribution in [0.2, 0.25) is 0 Å². The quantitative estimate of drug-likeness (QED) is 0.454. The Morgan fingerprint density at radius 2 is 1.91 bits per heavy atom. The van der Waals surface area contributed by atoms with Crippen molar-refractivity contribution in [3.8, 4) is 5.00 Å². The van der Waals surface area contributed by atoms with Crippen molar-refractivity contribution >= 4 is 34.1 Å². The maximum absolute atomic E-state index is 13.2. The van der Waals surface area contributed by atoms with Crippen molar-refractivity contribution in [3.05, 3.63) is 64.7 Å². The van der Waals surface area contributed by atoms with Crippen molar-refractivity contribution in [2.45, 2.75) is 51.9 Å². The fourth-order valence-corrected chi connectivity index (χ4v) is 6.32. The first-order valence-corrected chi connectivity index (χ1v) is 13.3. The van der Waals surface area contributed by atoms with Crippen LogP contribution in [0, 0.1) is 12.8 Å². The van der Waals surface area contributed by atoms with Crippen LogP contribution in [-0.2, 0) is 4.79 Å². The Bertz CT molecular complexity index is 1210. The van der Waals surface area contributed by atoms with E-state index in [9.17, 15) is 9.59 Å². The Kier molecular flexibility index (Phi) is 6.86. The third-order valence-electron chi connectivity index (χ3n) is 7.20. The average Bonchev–Trinajstić information content (AvgIpc) is 3.48. The van der Waals surface area contributed by atoms with Crippen molar-refractivity contribution in [1.82, 2.24) is 14.8 Å². The van der Waals surface area contributed by atoms with Gasteiger partial charge >= 0.3 is 0 Å². The number of fused-ring (bicyclic) bond motifs is 1. The number of hydrogen-bond donors (Lipinski definition) is 1. The van der Waals surface area contributed by atoms with Crippen molar-refractivity contribution in [3.63, 3.8) is 0 Å². The second kappa shape index (κ2) is 10.2. The molecule has 5 nitrogen and oxygen atoms in total. The standard InChI is InChI=1S/C28H33N3O2S/c1-20-19-23-9-5-6-10-24(23)31(20)26-12-11-25(34-26)28(33)30-17-14-22(15-18-30)27(32)29-16-13-21-7-3-2-4-8-21/h5-7,9-12,19,22H,2-4,8,13-18H2,1H3,(H,29,32). The number of carbonyl (C=O) groups is 2. The molecule has 1 fully saturated rings. The number of hydrogen-bond acceptors (Lipinski definition) is 3. The molecule has 0 saturated carbocycles. The van der Waals surface area contributed by atoms with Crippen LogP contribution in [-0.4, -0.2) is 40.9 Å². The SMILES string of the molecule is Cc1cc2ccccc2n1-c1ccc(C(=O)N2CCC(C(=O)NCCC3=CCCCC3)CC2)s1. The zero-order valence-corrected chi connectivity index (χ0v) is 20.7. The fraction of sp³-hybridized carbons (Fsp3) is 0.429. The number of amides is 2. The molecule has 2 aliphatic rings. The molecule has 34 heavy (non-hydrogen) atoms. The van der Waals surface area contributed by atoms with E-state index < -0.39 is 0 Å². The van der Waals surface area contributed by atoms with Gasteiger partial charge in [-0.3, -0.25) is 9.59 Å². The summed E-state index contributed by atoms with van der Waals surface area (Å²) in [6, 6.07) is 14.5. The van der Waals surface area contributed by atoms with E-state index in [1.165, 1.54) is 36.6 Å². The molecule has 2 aromatic heterocycles. The molecule has 1 aromatic carbocycles. The zero-order chi connectivity index (χ0) is 23.5. The Hall–Kier alpha value is -2.86. The van der Waals surface area contributed by atoms with Gasteiger partial charge in [-0.1, -0.05) is 29.8 Å². The number of carbonyl (C=O) groups excluding carboxylic acids is 2. The number of piperidine rings is 1. The van der Waals surface area contributed by atoms with Crippen molar-refractivity contribution in [2.75, 3.05) is 19.6 Å². The minimum Gasteiger partial charge on any atom is -0.356 e. The molecule has 5 rings (SSSR count). The zero-order valence-electron chi connectivity index (χ0n) is 19.9. The predicted octanol–water partition coefficient (Wildman–Crippen LogP) is 5.86. The molecule has 178 valence electrons. The van der Waals surface area contributed by atoms with E-state index >= 15 is 0 Å². The van der Waals surface area contributed by atoms with Crippen LogP contribution in [0.15, 0.2) is 54.1 Å². The molecular weight excluding hydrogens is 442 g/mol. The van der Waals surface area contributed by atoms with E-state index in [0.29, 0.717) is 13.1 Å². The number of aromatic nitrogens is 1. The number of benzene rings is 1. The van der Waals surface area contributed by atoms with Gasteiger partial charge in [-0.2, -0.15) is 0 Å². The van der Waals surface area contributed by atoms with Crippen LogP contribution < -0.4 is 5.32 Å². The summed E-state index contributed by atoms with van der Waals surface area (Å²) in [6.07, 6.45) is 9.72. The Labute approximate surface area is 205 Å². The highest BCUT2D eigenvalue weighted by Gasteiger charge is 2.28. The summed E-state index contributed by atoms with van der Waals surface area (Å²) in [6.45, 7) is 4.11. The molecule has 6 heteroatoms. The van der Waals surface area contributed by atoms with Crippen LogP contribution in [0.1, 0.15) is 60.3 Å². The minimum atomic E-state index is 0.0113. The molecule has 2 amide bonds. The summed E-state index contributed by atoms with van der Waals surface area (Å²) in [7, 11) is 0. The van der Waals surface area contributed by atoms with Crippen LogP contribution in [0.3, 0.4) is 0 Å². The summed E-state index contributed by atoms with van der Waals surface area (Å²) in [5.74, 6) is 0.238. The summed E-state index contributed by atoms with van der Waals surface area (Å²) in [5.41, 5.74) is 3.81. The molecule has 0 unspecified atom stereocenters. The molecule has 1 N–H and O–H groups in total. The lowest BCUT2D eigenvalue weighted by Gasteiger charge is -2.31. The first-order chi connectivity index (χ1) is 16.6. The van der Waals surface area contributed by atoms with Crippen LogP contribution >= 0.6 is 11.3 Å². The fourth-order valence-electron chi connectivity index (χ4n) is 5.27. The normalized spacial score (nSPS) is 17.1. The van der Waals surface area contributed by atoms with Crippen LogP contribution in [0.5, 0.6) is 0 Å². The van der Waals surface area contributed by atoms with E-state index in [4.69, 9.17) is 0 Å². The van der Waals surface area contributed by atoms with Gasteiger partial charge in [-0.05, 0) is 76.1 Å². The second-order valence-corrected chi connectivity index (χ2v) is 10.6. The van der Waals surface area contributed by atoms with Gasteiger partial charge < -0.3 is 14.8 Å². The largest absolute Gasteiger partial charge is 0.356 e. The van der Waals surface area contributed by atoms with Gasteiger partial charge in [-0.15, -0.1) is 11.3 Å². The summed E-state index contributed by atoms with van der Waals surface area (Å²) in [4.78, 5) is 28.5. The Morgan fingerprint density at radius 3 is 2.71 bits per heavy atom. The number of nitrogens with one attached hydrogen (secondary N) is 1. The molecule has 1 aliphatic heterocycles. The van der Waals surface area contributed by atoms with Gasteiger partial charge in [0.2, 0.25) is 5.91 Å². The molecular formula is C28H33N3O2S. The summed E-state index contributed by atoms with van der Waals surface area (Å²) < 4.78 is 2.22. The highest BCUT2D eigenvalue weighted by molar-refractivity contribution is 7.16. The van der Waals surface area contributed by atoms with E-state index in [0.717, 1.165) is 46.9 Å². The number of allylic oxidation sites excluding steroid dienone is 1. The highest BCUT2D eigenvalue weighted by atomic mass is 32.1. The van der Waals surface area contributed by atoms with Gasteiger partial charge in [0.15, 0.2) is 0 Å². The Morgan fingerprint density at radius 1 is 1.09 bits per heavy atom. The van der Waals surface area contributed by atoms with Crippen LogP contribution in [0.4, 0.5) is 0 Å². The van der Waals surface area contributed by atoms with Gasteiger partial charge in [0.25, 0.3) is 5.91 Å². The lowest BCUT2D eigenvalue weighted by Crippen LogP contribution is -2.43. The number of para-hydroxylation sites is 1. The second-order valence-electron chi connectivity index (χ2n) is 9.53. The predicted molar refractivity (Wildman–Crippen MR) is 139 cm³/mol. The van der Waals surface area contributed by atoms with E-state index in [-0.39, 0.29) is 17.7 Å². The van der Waals surface area contributed by atoms with E-state index in [1.807, 2.05) is 29.2 Å². The maximum Gasteiger partial charge on any atom is 0.263 e. The first kappa shape index (κ1) is 22.9. The molecule has 0 atom stereocenters. The molecule has 3 heterocycles. The van der Waals surface area contributed by atoms with Crippen molar-refractivity contribution in [1.29, 1.82) is 0 Å². The van der Waals surface area contributed by atoms with Crippen molar-refractivity contribution < 1.29 is 9.59 Å². The molecule has 1 aliphatic carbocycles. The topological polar surface area (TPSA) is 54.3 Å². The van der Waals surface area contributed by atoms with Gasteiger partial charge in [0, 0.05) is 36.6 Å². The van der Waals surface area contributed by atoms with Gasteiger partial charge in [-0.25, -0.2) is 0 Å². The summed E-state index contributed by atoms with van der Waals surface area (Å²) >= 11 is 1.54. The molecule has 0 radical (unpaired) electrons. The summed E-state index contributed by atoms with van der Waals surface area (Å²) in [5, 5.41) is 5.40. The maximum atomic E-state index is 13.2. The minimum absolute atomic E-state index is 0.0113. The molecule has 0 bridgehead atoms. The van der Waals surface area contributed by atoms with E-state index in [2.05, 4.69) is 41.1 Å². The number of aryl methyl sites for hydroxylation is 1. The van der Waals surface area contributed by atoms with E-state index in [1.54, 1.807) is 11.3 Å². The molecule has 3 aromatic rings. The molecule has 1 saturated heterocycles. The van der Waals surface area contributed by atoms with Crippen LogP contribution in [0.25, 0.3) is 15.9 Å². The number of likely N-dealkylation sites (tertiary alicyclic amines) is 1. The monoisotopic (exact) mass is 475 g/mol. The third kappa shape index (κ3) is 4.83.